The number of Topliss-reactive ketones (excluding diaryl/α,β-unsaturated/α-hetero) is 1. The van der Waals surface area contributed by atoms with Crippen molar-refractivity contribution in [2.75, 3.05) is 6.61 Å². The summed E-state index contributed by atoms with van der Waals surface area (Å²) in [5, 5.41) is 0. The Morgan fingerprint density at radius 1 is 1.41 bits per heavy atom. The second-order valence-electron chi connectivity index (χ2n) is 4.40. The normalized spacial score (nSPS) is 23.4. The van der Waals surface area contributed by atoms with Crippen LogP contribution in [0.5, 0.6) is 0 Å². The molecule has 1 aliphatic rings. The zero-order valence-electron chi connectivity index (χ0n) is 10.2. The van der Waals surface area contributed by atoms with Crippen LogP contribution in [0.15, 0.2) is 25.3 Å². The average Bonchev–Trinajstić information content (AvgIpc) is 2.62. The summed E-state index contributed by atoms with van der Waals surface area (Å²) in [5.74, 6) is 0.158. The molecule has 0 aromatic heterocycles. The maximum absolute atomic E-state index is 11.6. The van der Waals surface area contributed by atoms with Crippen molar-refractivity contribution in [1.82, 2.24) is 0 Å². The van der Waals surface area contributed by atoms with Gasteiger partial charge in [-0.3, -0.25) is 9.59 Å². The molecule has 0 aromatic rings. The minimum atomic E-state index is -0.208. The maximum Gasteiger partial charge on any atom is 0.306 e. The van der Waals surface area contributed by atoms with E-state index >= 15 is 0 Å². The first-order valence-electron chi connectivity index (χ1n) is 6.09. The number of carbonyl (C=O) groups excluding carboxylic acids is 2. The van der Waals surface area contributed by atoms with Crippen molar-refractivity contribution in [3.8, 4) is 0 Å². The number of rotatable bonds is 7. The molecule has 0 saturated heterocycles. The van der Waals surface area contributed by atoms with E-state index in [9.17, 15) is 9.59 Å². The lowest BCUT2D eigenvalue weighted by molar-refractivity contribution is -0.144. The van der Waals surface area contributed by atoms with Gasteiger partial charge in [0.15, 0.2) is 0 Å². The van der Waals surface area contributed by atoms with Crippen LogP contribution >= 0.6 is 0 Å². The summed E-state index contributed by atoms with van der Waals surface area (Å²) in [4.78, 5) is 23.1. The molecule has 0 heterocycles. The highest BCUT2D eigenvalue weighted by atomic mass is 16.5. The molecule has 0 radical (unpaired) electrons. The summed E-state index contributed by atoms with van der Waals surface area (Å²) in [7, 11) is 0. The van der Waals surface area contributed by atoms with Gasteiger partial charge in [0.05, 0.1) is 6.61 Å². The average molecular weight is 236 g/mol. The molecule has 0 bridgehead atoms. The fraction of sp³-hybridized carbons (Fsp3) is 0.571. The van der Waals surface area contributed by atoms with Crippen LogP contribution in [0, 0.1) is 11.8 Å². The Morgan fingerprint density at radius 2 is 2.18 bits per heavy atom. The van der Waals surface area contributed by atoms with Gasteiger partial charge < -0.3 is 4.74 Å². The number of hydrogen-bond acceptors (Lipinski definition) is 3. The highest BCUT2D eigenvalue weighted by Crippen LogP contribution is 2.34. The predicted octanol–water partition coefficient (Wildman–Crippen LogP) is 2.67. The quantitative estimate of drug-likeness (QED) is 0.388. The van der Waals surface area contributed by atoms with Crippen LogP contribution in [0.3, 0.4) is 0 Å². The van der Waals surface area contributed by atoms with E-state index < -0.39 is 0 Å². The minimum absolute atomic E-state index is 0.0283. The SMILES string of the molecule is C=CCCOC(=O)CC1CCC(=O)C1CC=C. The summed E-state index contributed by atoms with van der Waals surface area (Å²) in [5.41, 5.74) is 0. The molecule has 1 saturated carbocycles. The highest BCUT2D eigenvalue weighted by molar-refractivity contribution is 5.84. The minimum Gasteiger partial charge on any atom is -0.465 e. The molecule has 3 heteroatoms. The van der Waals surface area contributed by atoms with Gasteiger partial charge >= 0.3 is 5.97 Å². The number of esters is 1. The van der Waals surface area contributed by atoms with Crippen LogP contribution < -0.4 is 0 Å². The fourth-order valence-corrected chi connectivity index (χ4v) is 2.25. The van der Waals surface area contributed by atoms with E-state index in [0.29, 0.717) is 32.3 Å². The summed E-state index contributed by atoms with van der Waals surface area (Å²) < 4.78 is 5.06. The third-order valence-electron chi connectivity index (χ3n) is 3.18. The Hall–Kier alpha value is -1.38. The predicted molar refractivity (Wildman–Crippen MR) is 66.4 cm³/mol. The fourth-order valence-electron chi connectivity index (χ4n) is 2.25. The molecule has 0 N–H and O–H groups in total. The van der Waals surface area contributed by atoms with Crippen LogP contribution in [0.2, 0.25) is 0 Å². The molecule has 3 nitrogen and oxygen atoms in total. The third kappa shape index (κ3) is 4.17. The number of allylic oxidation sites excluding steroid dienone is 1. The smallest absolute Gasteiger partial charge is 0.306 e. The Kier molecular flexibility index (Phi) is 5.67. The van der Waals surface area contributed by atoms with Crippen LogP contribution in [0.4, 0.5) is 0 Å². The van der Waals surface area contributed by atoms with Crippen molar-refractivity contribution in [3.05, 3.63) is 25.3 Å². The van der Waals surface area contributed by atoms with Crippen LogP contribution in [-0.4, -0.2) is 18.4 Å². The van der Waals surface area contributed by atoms with Gasteiger partial charge in [-0.25, -0.2) is 0 Å². The van der Waals surface area contributed by atoms with Crippen molar-refractivity contribution in [2.45, 2.75) is 32.1 Å². The molecule has 94 valence electrons. The van der Waals surface area contributed by atoms with E-state index in [-0.39, 0.29) is 23.6 Å². The van der Waals surface area contributed by atoms with E-state index in [1.54, 1.807) is 12.2 Å². The second-order valence-corrected chi connectivity index (χ2v) is 4.40. The van der Waals surface area contributed by atoms with Crippen molar-refractivity contribution < 1.29 is 14.3 Å². The monoisotopic (exact) mass is 236 g/mol. The molecule has 17 heavy (non-hydrogen) atoms. The Balaban J connectivity index is 2.38. The largest absolute Gasteiger partial charge is 0.465 e. The molecule has 1 fully saturated rings. The van der Waals surface area contributed by atoms with Crippen molar-refractivity contribution in [1.29, 1.82) is 0 Å². The van der Waals surface area contributed by atoms with E-state index in [1.165, 1.54) is 0 Å². The van der Waals surface area contributed by atoms with Gasteiger partial charge in [0.2, 0.25) is 0 Å². The molecule has 2 atom stereocenters. The van der Waals surface area contributed by atoms with Crippen LogP contribution in [0.25, 0.3) is 0 Å². The van der Waals surface area contributed by atoms with Crippen LogP contribution in [0.1, 0.15) is 32.1 Å². The van der Waals surface area contributed by atoms with Crippen molar-refractivity contribution in [3.63, 3.8) is 0 Å². The maximum atomic E-state index is 11.6. The molecule has 0 aromatic carbocycles. The molecule has 0 amide bonds. The van der Waals surface area contributed by atoms with Crippen molar-refractivity contribution >= 4 is 11.8 Å². The molecule has 0 spiro atoms. The van der Waals surface area contributed by atoms with Crippen molar-refractivity contribution in [2.24, 2.45) is 11.8 Å². The van der Waals surface area contributed by atoms with E-state index in [0.717, 1.165) is 6.42 Å². The Bertz CT molecular complexity index is 307. The van der Waals surface area contributed by atoms with E-state index in [1.807, 2.05) is 0 Å². The molecular weight excluding hydrogens is 216 g/mol. The van der Waals surface area contributed by atoms with Gasteiger partial charge in [-0.2, -0.15) is 0 Å². The highest BCUT2D eigenvalue weighted by Gasteiger charge is 2.34. The van der Waals surface area contributed by atoms with Crippen LogP contribution in [-0.2, 0) is 14.3 Å². The first kappa shape index (κ1) is 13.7. The molecule has 1 rings (SSSR count). The van der Waals surface area contributed by atoms with Gasteiger partial charge in [0, 0.05) is 18.8 Å². The molecule has 1 aliphatic carbocycles. The second kappa shape index (κ2) is 7.05. The van der Waals surface area contributed by atoms with Gasteiger partial charge in [-0.05, 0) is 25.2 Å². The lowest BCUT2D eigenvalue weighted by Gasteiger charge is -2.15. The summed E-state index contributed by atoms with van der Waals surface area (Å²) in [6.07, 6.45) is 6.55. The molecule has 2 unspecified atom stereocenters. The van der Waals surface area contributed by atoms with Gasteiger partial charge in [-0.1, -0.05) is 12.2 Å². The first-order valence-corrected chi connectivity index (χ1v) is 6.09. The summed E-state index contributed by atoms with van der Waals surface area (Å²) in [6, 6.07) is 0. The molecule has 0 aliphatic heterocycles. The van der Waals surface area contributed by atoms with E-state index in [2.05, 4.69) is 13.2 Å². The topological polar surface area (TPSA) is 43.4 Å². The zero-order chi connectivity index (χ0) is 12.7. The molecular formula is C14H20O3. The Morgan fingerprint density at radius 3 is 2.82 bits per heavy atom. The van der Waals surface area contributed by atoms with Gasteiger partial charge in [-0.15, -0.1) is 13.2 Å². The van der Waals surface area contributed by atoms with E-state index in [4.69, 9.17) is 4.74 Å². The Labute approximate surface area is 103 Å². The summed E-state index contributed by atoms with van der Waals surface area (Å²) >= 11 is 0. The number of carbonyl (C=O) groups is 2. The summed E-state index contributed by atoms with van der Waals surface area (Å²) in [6.45, 7) is 7.60. The van der Waals surface area contributed by atoms with Gasteiger partial charge in [0.25, 0.3) is 0 Å². The number of ether oxygens (including phenoxy) is 1. The third-order valence-corrected chi connectivity index (χ3v) is 3.18. The lowest BCUT2D eigenvalue weighted by Crippen LogP contribution is -2.18. The van der Waals surface area contributed by atoms with Gasteiger partial charge in [0.1, 0.15) is 5.78 Å². The zero-order valence-corrected chi connectivity index (χ0v) is 10.2. The lowest BCUT2D eigenvalue weighted by atomic mass is 9.90. The number of ketones is 1. The first-order chi connectivity index (χ1) is 8.19. The standard InChI is InChI=1S/C14H20O3/c1-3-5-9-17-14(16)10-11-7-8-13(15)12(11)6-4-2/h3-4,11-12H,1-2,5-10H2. The number of hydrogen-bond donors (Lipinski definition) is 0.